The number of hydrogen-bond acceptors (Lipinski definition) is 6. The van der Waals surface area contributed by atoms with E-state index in [4.69, 9.17) is 9.47 Å². The molecule has 10 heteroatoms. The number of urea groups is 1. The molecule has 0 aromatic rings. The molecule has 2 fully saturated rings. The maximum Gasteiger partial charge on any atom is 0.315 e. The summed E-state index contributed by atoms with van der Waals surface area (Å²) < 4.78 is 11.0. The zero-order valence-electron chi connectivity index (χ0n) is 28.1. The number of allylic oxidation sites excluding steroid dienone is 8. The second-order valence-corrected chi connectivity index (χ2v) is 13.0. The van der Waals surface area contributed by atoms with E-state index in [9.17, 15) is 14.4 Å². The summed E-state index contributed by atoms with van der Waals surface area (Å²) in [6.07, 6.45) is 31.3. The summed E-state index contributed by atoms with van der Waals surface area (Å²) in [6, 6.07) is 0.417. The van der Waals surface area contributed by atoms with Crippen LogP contribution in [-0.2, 0) is 19.1 Å². The fraction of sp³-hybridized carbons (Fsp3) is 0.694. The highest BCUT2D eigenvalue weighted by Crippen LogP contribution is 2.33. The molecule has 0 spiro atoms. The first kappa shape index (κ1) is 39.6. The molecule has 0 bridgehead atoms. The summed E-state index contributed by atoms with van der Waals surface area (Å²) >= 11 is 1.90. The molecule has 2 heterocycles. The zero-order chi connectivity index (χ0) is 32.9. The highest BCUT2D eigenvalue weighted by atomic mass is 32.2. The minimum atomic E-state index is -0.0576. The number of hydrogen-bond donors (Lipinski definition) is 4. The molecule has 2 rings (SSSR count). The molecule has 0 aromatic heterocycles. The maximum atomic E-state index is 12.0. The lowest BCUT2D eigenvalue weighted by molar-refractivity contribution is -0.122. The van der Waals surface area contributed by atoms with E-state index in [1.807, 2.05) is 11.8 Å². The lowest BCUT2D eigenvalue weighted by Gasteiger charge is -2.16. The van der Waals surface area contributed by atoms with E-state index in [0.29, 0.717) is 57.6 Å². The Bertz CT molecular complexity index is 955. The van der Waals surface area contributed by atoms with Gasteiger partial charge >= 0.3 is 6.03 Å². The first-order valence-corrected chi connectivity index (χ1v) is 18.6. The van der Waals surface area contributed by atoms with Gasteiger partial charge in [-0.2, -0.15) is 11.8 Å². The number of thioether (sulfide) groups is 1. The molecule has 0 aromatic carbocycles. The van der Waals surface area contributed by atoms with E-state index in [2.05, 4.69) is 76.8 Å². The molecule has 260 valence electrons. The molecule has 3 atom stereocenters. The number of unbranched alkanes of at least 4 members (excludes halogenated alkanes) is 5. The second kappa shape index (κ2) is 27.5. The van der Waals surface area contributed by atoms with E-state index in [0.717, 1.165) is 57.1 Å². The van der Waals surface area contributed by atoms with Crippen LogP contribution in [-0.4, -0.2) is 80.4 Å². The van der Waals surface area contributed by atoms with Crippen LogP contribution >= 0.6 is 11.8 Å². The summed E-state index contributed by atoms with van der Waals surface area (Å²) in [5, 5.41) is 12.2. The van der Waals surface area contributed by atoms with Crippen molar-refractivity contribution in [3.05, 3.63) is 48.6 Å². The summed E-state index contributed by atoms with van der Waals surface area (Å²) in [4.78, 5) is 35.5. The van der Waals surface area contributed by atoms with Crippen molar-refractivity contribution in [2.75, 3.05) is 45.3 Å². The van der Waals surface area contributed by atoms with Gasteiger partial charge in [-0.05, 0) is 57.8 Å². The van der Waals surface area contributed by atoms with Crippen LogP contribution in [0.5, 0.6) is 0 Å². The SMILES string of the molecule is CCCCCC=CCC=CCC=CCC=CCCCC(=O)NCCOCCOCCNC(=O)CCCCC1SCC2NC(=O)NC21. The van der Waals surface area contributed by atoms with Crippen molar-refractivity contribution in [3.8, 4) is 0 Å². The molecule has 2 aliphatic rings. The molecule has 3 unspecified atom stereocenters. The highest BCUT2D eigenvalue weighted by Gasteiger charge is 2.42. The van der Waals surface area contributed by atoms with Crippen molar-refractivity contribution in [1.29, 1.82) is 0 Å². The Hall–Kier alpha value is -2.56. The average molecular weight is 661 g/mol. The van der Waals surface area contributed by atoms with Crippen LogP contribution in [0.4, 0.5) is 4.79 Å². The summed E-state index contributed by atoms with van der Waals surface area (Å²) in [5.74, 6) is 1.06. The predicted octanol–water partition coefficient (Wildman–Crippen LogP) is 6.12. The van der Waals surface area contributed by atoms with Gasteiger partial charge in [0.05, 0.1) is 38.5 Å². The fourth-order valence-electron chi connectivity index (χ4n) is 5.24. The Morgan fingerprint density at radius 1 is 0.739 bits per heavy atom. The van der Waals surface area contributed by atoms with Gasteiger partial charge in [0.1, 0.15) is 0 Å². The van der Waals surface area contributed by atoms with Crippen molar-refractivity contribution < 1.29 is 23.9 Å². The molecular formula is C36H60N4O5S. The van der Waals surface area contributed by atoms with Crippen LogP contribution in [0.25, 0.3) is 0 Å². The first-order chi connectivity index (χ1) is 22.6. The van der Waals surface area contributed by atoms with E-state index in [1.165, 1.54) is 25.7 Å². The topological polar surface area (TPSA) is 118 Å². The third-order valence-electron chi connectivity index (χ3n) is 7.82. The van der Waals surface area contributed by atoms with Gasteiger partial charge in [-0.3, -0.25) is 9.59 Å². The molecule has 0 radical (unpaired) electrons. The number of ether oxygens (including phenoxy) is 2. The van der Waals surface area contributed by atoms with Gasteiger partial charge in [0, 0.05) is 36.9 Å². The minimum Gasteiger partial charge on any atom is -0.377 e. The number of fused-ring (bicyclic) bond motifs is 1. The van der Waals surface area contributed by atoms with Crippen molar-refractivity contribution in [3.63, 3.8) is 0 Å². The van der Waals surface area contributed by atoms with Gasteiger partial charge in [-0.25, -0.2) is 4.79 Å². The lowest BCUT2D eigenvalue weighted by Crippen LogP contribution is -2.36. The second-order valence-electron chi connectivity index (χ2n) is 11.8. The summed E-state index contributed by atoms with van der Waals surface area (Å²) in [6.45, 7) is 5.00. The zero-order valence-corrected chi connectivity index (χ0v) is 29.0. The lowest BCUT2D eigenvalue weighted by atomic mass is 10.0. The van der Waals surface area contributed by atoms with Crippen LogP contribution < -0.4 is 21.3 Å². The predicted molar refractivity (Wildman–Crippen MR) is 190 cm³/mol. The summed E-state index contributed by atoms with van der Waals surface area (Å²) in [5.41, 5.74) is 0. The molecule has 0 saturated carbocycles. The van der Waals surface area contributed by atoms with Crippen LogP contribution in [0.1, 0.15) is 96.8 Å². The van der Waals surface area contributed by atoms with Crippen LogP contribution in [0.15, 0.2) is 48.6 Å². The van der Waals surface area contributed by atoms with Crippen LogP contribution in [0.3, 0.4) is 0 Å². The van der Waals surface area contributed by atoms with E-state index in [-0.39, 0.29) is 29.9 Å². The number of carbonyl (C=O) groups is 3. The molecule has 46 heavy (non-hydrogen) atoms. The van der Waals surface area contributed by atoms with Gasteiger partial charge in [0.15, 0.2) is 0 Å². The number of rotatable bonds is 28. The Morgan fingerprint density at radius 3 is 1.91 bits per heavy atom. The third kappa shape index (κ3) is 20.5. The quantitative estimate of drug-likeness (QED) is 0.0456. The Balaban J connectivity index is 1.27. The minimum absolute atomic E-state index is 0.0440. The monoisotopic (exact) mass is 660 g/mol. The largest absolute Gasteiger partial charge is 0.377 e. The maximum absolute atomic E-state index is 12.0. The van der Waals surface area contributed by atoms with Crippen molar-refractivity contribution in [1.82, 2.24) is 21.3 Å². The Kier molecular flexibility index (Phi) is 23.7. The third-order valence-corrected chi connectivity index (χ3v) is 9.33. The van der Waals surface area contributed by atoms with Crippen molar-refractivity contribution in [2.24, 2.45) is 0 Å². The Morgan fingerprint density at radius 2 is 1.30 bits per heavy atom. The Labute approximate surface area is 282 Å². The molecule has 0 aliphatic carbocycles. The fourth-order valence-corrected chi connectivity index (χ4v) is 6.78. The number of amides is 4. The van der Waals surface area contributed by atoms with E-state index >= 15 is 0 Å². The van der Waals surface area contributed by atoms with Gasteiger partial charge in [0.25, 0.3) is 0 Å². The normalized spacial score (nSPS) is 19.4. The van der Waals surface area contributed by atoms with Crippen molar-refractivity contribution >= 4 is 29.6 Å². The first-order valence-electron chi connectivity index (χ1n) is 17.6. The van der Waals surface area contributed by atoms with E-state index < -0.39 is 0 Å². The van der Waals surface area contributed by atoms with E-state index in [1.54, 1.807) is 0 Å². The van der Waals surface area contributed by atoms with Gasteiger partial charge in [0.2, 0.25) is 11.8 Å². The molecular weight excluding hydrogens is 600 g/mol. The average Bonchev–Trinajstić information content (AvgIpc) is 3.60. The summed E-state index contributed by atoms with van der Waals surface area (Å²) in [7, 11) is 0. The van der Waals surface area contributed by atoms with Gasteiger partial charge < -0.3 is 30.7 Å². The number of nitrogens with one attached hydrogen (secondary N) is 4. The molecule has 4 amide bonds. The molecule has 4 N–H and O–H groups in total. The van der Waals surface area contributed by atoms with Crippen LogP contribution in [0.2, 0.25) is 0 Å². The molecule has 9 nitrogen and oxygen atoms in total. The van der Waals surface area contributed by atoms with Crippen LogP contribution in [0, 0.1) is 0 Å². The number of carbonyl (C=O) groups excluding carboxylic acids is 3. The smallest absolute Gasteiger partial charge is 0.315 e. The van der Waals surface area contributed by atoms with Gasteiger partial charge in [-0.15, -0.1) is 0 Å². The highest BCUT2D eigenvalue weighted by molar-refractivity contribution is 8.00. The molecule has 2 saturated heterocycles. The molecule has 2 aliphatic heterocycles. The van der Waals surface area contributed by atoms with Crippen molar-refractivity contribution in [2.45, 2.75) is 114 Å². The standard InChI is InChI=1S/C36H60N4O5S/c1-2-3-4-5-6-7-8-9-10-11-12-13-14-15-16-17-18-22-33(41)37-24-26-44-28-29-45-27-25-38-34(42)23-20-19-21-32-35-31(30-46-32)39-36(43)40-35/h6-7,9-10,12-13,15-16,31-32,35H,2-5,8,11,14,17-30H2,1H3,(H,37,41)(H,38,42)(H2,39,40,43). The van der Waals surface area contributed by atoms with Gasteiger partial charge in [-0.1, -0.05) is 74.8 Å².